The van der Waals surface area contributed by atoms with Gasteiger partial charge in [-0.2, -0.15) is 0 Å². The van der Waals surface area contributed by atoms with Crippen molar-refractivity contribution in [1.29, 1.82) is 0 Å². The van der Waals surface area contributed by atoms with Gasteiger partial charge in [0.1, 0.15) is 5.82 Å². The van der Waals surface area contributed by atoms with Crippen LogP contribution in [0.4, 0.5) is 0 Å². The molecule has 1 fully saturated rings. The van der Waals surface area contributed by atoms with Crippen molar-refractivity contribution in [3.05, 3.63) is 58.7 Å². The van der Waals surface area contributed by atoms with Gasteiger partial charge in [-0.1, -0.05) is 29.8 Å². The minimum absolute atomic E-state index is 0.144. The molecule has 0 aliphatic carbocycles. The number of likely N-dealkylation sites (tertiary alicyclic amines) is 1. The Morgan fingerprint density at radius 1 is 1.14 bits per heavy atom. The highest BCUT2D eigenvalue weighted by Crippen LogP contribution is 2.27. The van der Waals surface area contributed by atoms with Gasteiger partial charge in [-0.25, -0.2) is 9.97 Å². The Bertz CT molecular complexity index is 919. The van der Waals surface area contributed by atoms with Gasteiger partial charge in [0.05, 0.1) is 12.1 Å². The van der Waals surface area contributed by atoms with Crippen molar-refractivity contribution < 1.29 is 9.59 Å². The Kier molecular flexibility index (Phi) is 5.60. The van der Waals surface area contributed by atoms with Crippen LogP contribution in [0.5, 0.6) is 0 Å². The number of rotatable bonds is 3. The summed E-state index contributed by atoms with van der Waals surface area (Å²) in [5.41, 5.74) is 4.36. The number of amides is 2. The molecule has 2 aromatic rings. The average molecular weight is 393 g/mol. The van der Waals surface area contributed by atoms with Crippen LogP contribution >= 0.6 is 0 Å². The molecule has 0 radical (unpaired) electrons. The highest BCUT2D eigenvalue weighted by Gasteiger charge is 2.27. The summed E-state index contributed by atoms with van der Waals surface area (Å²) in [5, 5.41) is 0. The number of fused-ring (bicyclic) bond motifs is 1. The summed E-state index contributed by atoms with van der Waals surface area (Å²) in [4.78, 5) is 37.5. The number of carbonyl (C=O) groups excluding carboxylic acids is 2. The quantitative estimate of drug-likeness (QED) is 0.805. The molecule has 152 valence electrons. The van der Waals surface area contributed by atoms with Gasteiger partial charge < -0.3 is 9.80 Å². The van der Waals surface area contributed by atoms with Crippen LogP contribution in [0.25, 0.3) is 0 Å². The minimum Gasteiger partial charge on any atom is -0.343 e. The average Bonchev–Trinajstić information content (AvgIpc) is 2.73. The van der Waals surface area contributed by atoms with Gasteiger partial charge in [0.2, 0.25) is 11.8 Å². The predicted molar refractivity (Wildman–Crippen MR) is 110 cm³/mol. The van der Waals surface area contributed by atoms with E-state index in [-0.39, 0.29) is 11.8 Å². The molecule has 3 heterocycles. The van der Waals surface area contributed by atoms with Crippen molar-refractivity contribution >= 4 is 11.8 Å². The van der Waals surface area contributed by atoms with E-state index < -0.39 is 0 Å². The summed E-state index contributed by atoms with van der Waals surface area (Å²) < 4.78 is 0. The molecule has 0 atom stereocenters. The van der Waals surface area contributed by atoms with Crippen molar-refractivity contribution in [1.82, 2.24) is 19.8 Å². The fourth-order valence-electron chi connectivity index (χ4n) is 4.30. The van der Waals surface area contributed by atoms with Crippen LogP contribution in [-0.2, 0) is 29.0 Å². The van der Waals surface area contributed by atoms with Crippen LogP contribution < -0.4 is 0 Å². The van der Waals surface area contributed by atoms with E-state index in [4.69, 9.17) is 4.98 Å². The molecular formula is C23H28N4O2. The summed E-state index contributed by atoms with van der Waals surface area (Å²) in [6, 6.07) is 8.13. The van der Waals surface area contributed by atoms with E-state index in [1.54, 1.807) is 6.92 Å². The zero-order valence-electron chi connectivity index (χ0n) is 17.2. The fourth-order valence-corrected chi connectivity index (χ4v) is 4.30. The van der Waals surface area contributed by atoms with Crippen LogP contribution in [0.1, 0.15) is 53.9 Å². The van der Waals surface area contributed by atoms with Crippen molar-refractivity contribution in [3.63, 3.8) is 0 Å². The van der Waals surface area contributed by atoms with E-state index in [1.165, 1.54) is 5.56 Å². The van der Waals surface area contributed by atoms with E-state index in [9.17, 15) is 9.59 Å². The van der Waals surface area contributed by atoms with Gasteiger partial charge in [0, 0.05) is 57.2 Å². The summed E-state index contributed by atoms with van der Waals surface area (Å²) in [6.07, 6.45) is 4.95. The highest BCUT2D eigenvalue weighted by atomic mass is 16.2. The maximum absolute atomic E-state index is 12.7. The minimum atomic E-state index is 0.144. The smallest absolute Gasteiger partial charge is 0.227 e. The molecule has 1 aromatic heterocycles. The predicted octanol–water partition coefficient (Wildman–Crippen LogP) is 2.64. The van der Waals surface area contributed by atoms with Gasteiger partial charge in [-0.05, 0) is 25.3 Å². The molecule has 4 rings (SSSR count). The number of aryl methyl sites for hydroxylation is 1. The Balaban J connectivity index is 1.39. The van der Waals surface area contributed by atoms with Crippen molar-refractivity contribution in [2.75, 3.05) is 19.6 Å². The lowest BCUT2D eigenvalue weighted by molar-refractivity contribution is -0.131. The van der Waals surface area contributed by atoms with E-state index in [0.29, 0.717) is 25.4 Å². The third-order valence-electron chi connectivity index (χ3n) is 6.05. The molecule has 6 heteroatoms. The zero-order valence-corrected chi connectivity index (χ0v) is 17.2. The molecule has 6 nitrogen and oxygen atoms in total. The molecule has 0 saturated carbocycles. The van der Waals surface area contributed by atoms with E-state index in [0.717, 1.165) is 55.0 Å². The molecule has 0 N–H and O–H groups in total. The van der Waals surface area contributed by atoms with Gasteiger partial charge >= 0.3 is 0 Å². The molecule has 0 bridgehead atoms. The molecule has 0 spiro atoms. The number of nitrogens with zero attached hydrogens (tertiary/aromatic N) is 4. The first kappa shape index (κ1) is 19.6. The van der Waals surface area contributed by atoms with Gasteiger partial charge in [0.15, 0.2) is 0 Å². The maximum atomic E-state index is 12.7. The van der Waals surface area contributed by atoms with Crippen molar-refractivity contribution in [2.45, 2.75) is 52.0 Å². The standard InChI is InChI=1S/C23H28N4O2/c1-16-4-3-5-18(12-16)13-22(29)27-11-8-21-20(15-27)14-24-23(25-21)19-6-9-26(10-7-19)17(2)28/h3-5,12,14,19H,6-11,13,15H2,1-2H3. The number of benzene rings is 1. The Morgan fingerprint density at radius 2 is 1.93 bits per heavy atom. The van der Waals surface area contributed by atoms with Crippen LogP contribution in [0.2, 0.25) is 0 Å². The second kappa shape index (κ2) is 8.31. The molecule has 2 aliphatic heterocycles. The summed E-state index contributed by atoms with van der Waals surface area (Å²) >= 11 is 0. The Hall–Kier alpha value is -2.76. The summed E-state index contributed by atoms with van der Waals surface area (Å²) in [6.45, 7) is 6.52. The maximum Gasteiger partial charge on any atom is 0.227 e. The third-order valence-corrected chi connectivity index (χ3v) is 6.05. The van der Waals surface area contributed by atoms with E-state index in [1.807, 2.05) is 41.1 Å². The van der Waals surface area contributed by atoms with Gasteiger partial charge in [-0.3, -0.25) is 9.59 Å². The van der Waals surface area contributed by atoms with Crippen molar-refractivity contribution in [3.8, 4) is 0 Å². The van der Waals surface area contributed by atoms with Gasteiger partial charge in [0.25, 0.3) is 0 Å². The largest absolute Gasteiger partial charge is 0.343 e. The topological polar surface area (TPSA) is 66.4 Å². The molecule has 1 saturated heterocycles. The molecule has 0 unspecified atom stereocenters. The number of aromatic nitrogens is 2. The SMILES string of the molecule is CC(=O)N1CCC(c2ncc3c(n2)CCN(C(=O)Cc2cccc(C)c2)C3)CC1. The molecule has 2 amide bonds. The van der Waals surface area contributed by atoms with Crippen LogP contribution in [0.15, 0.2) is 30.5 Å². The second-order valence-corrected chi connectivity index (χ2v) is 8.21. The molecule has 1 aromatic carbocycles. The monoisotopic (exact) mass is 392 g/mol. The summed E-state index contributed by atoms with van der Waals surface area (Å²) in [5.74, 6) is 1.51. The summed E-state index contributed by atoms with van der Waals surface area (Å²) in [7, 11) is 0. The lowest BCUT2D eigenvalue weighted by Gasteiger charge is -2.32. The lowest BCUT2D eigenvalue weighted by atomic mass is 9.95. The first-order valence-corrected chi connectivity index (χ1v) is 10.4. The van der Waals surface area contributed by atoms with Crippen LogP contribution in [-0.4, -0.2) is 51.2 Å². The molecule has 29 heavy (non-hydrogen) atoms. The zero-order chi connectivity index (χ0) is 20.4. The van der Waals surface area contributed by atoms with Crippen molar-refractivity contribution in [2.24, 2.45) is 0 Å². The normalized spacial score (nSPS) is 17.2. The first-order chi connectivity index (χ1) is 14.0. The second-order valence-electron chi connectivity index (χ2n) is 8.21. The number of piperidine rings is 1. The molecular weight excluding hydrogens is 364 g/mol. The van der Waals surface area contributed by atoms with Crippen LogP contribution in [0, 0.1) is 6.92 Å². The van der Waals surface area contributed by atoms with Gasteiger partial charge in [-0.15, -0.1) is 0 Å². The Labute approximate surface area is 172 Å². The van der Waals surface area contributed by atoms with Crippen LogP contribution in [0.3, 0.4) is 0 Å². The third kappa shape index (κ3) is 4.47. The Morgan fingerprint density at radius 3 is 2.66 bits per heavy atom. The number of carbonyl (C=O) groups is 2. The number of hydrogen-bond donors (Lipinski definition) is 0. The van der Waals surface area contributed by atoms with E-state index in [2.05, 4.69) is 11.1 Å². The lowest BCUT2D eigenvalue weighted by Crippen LogP contribution is -2.38. The highest BCUT2D eigenvalue weighted by molar-refractivity contribution is 5.79. The first-order valence-electron chi connectivity index (χ1n) is 10.4. The number of hydrogen-bond acceptors (Lipinski definition) is 4. The van der Waals surface area contributed by atoms with E-state index >= 15 is 0 Å². The molecule has 2 aliphatic rings. The fraction of sp³-hybridized carbons (Fsp3) is 0.478.